The third kappa shape index (κ3) is 4.05. The molecule has 156 valence electrons. The first kappa shape index (κ1) is 20.4. The molecular formula is C24H24F3N3. The molecule has 0 bridgehead atoms. The topological polar surface area (TPSA) is 37.0 Å². The first-order valence-corrected chi connectivity index (χ1v) is 10.1. The highest BCUT2D eigenvalue weighted by molar-refractivity contribution is 5.94. The van der Waals surface area contributed by atoms with Crippen LogP contribution in [0.1, 0.15) is 48.2 Å². The van der Waals surface area contributed by atoms with Crippen LogP contribution in [0.4, 0.5) is 18.9 Å². The summed E-state index contributed by atoms with van der Waals surface area (Å²) in [5, 5.41) is 7.56. The maximum Gasteiger partial charge on any atom is 0.266 e. The Balaban J connectivity index is 1.73. The van der Waals surface area contributed by atoms with Gasteiger partial charge < -0.3 is 10.6 Å². The first-order valence-electron chi connectivity index (χ1n) is 10.1. The molecule has 4 rings (SSSR count). The van der Waals surface area contributed by atoms with Crippen molar-refractivity contribution in [3.8, 4) is 0 Å². The Morgan fingerprint density at radius 2 is 1.90 bits per heavy atom. The summed E-state index contributed by atoms with van der Waals surface area (Å²) in [4.78, 5) is 4.61. The summed E-state index contributed by atoms with van der Waals surface area (Å²) in [6.07, 6.45) is 0.296. The zero-order valence-electron chi connectivity index (χ0n) is 17.0. The fraction of sp³-hybridized carbons (Fsp3) is 0.292. The number of hydrogen-bond donors (Lipinski definition) is 2. The Labute approximate surface area is 174 Å². The van der Waals surface area contributed by atoms with Crippen molar-refractivity contribution in [2.45, 2.75) is 32.7 Å². The molecule has 1 aliphatic heterocycles. The van der Waals surface area contributed by atoms with Crippen molar-refractivity contribution in [2.24, 2.45) is 0 Å². The monoisotopic (exact) mass is 411 g/mol. The molecule has 3 aromatic rings. The number of pyridine rings is 1. The quantitative estimate of drug-likeness (QED) is 0.527. The average molecular weight is 411 g/mol. The van der Waals surface area contributed by atoms with Gasteiger partial charge in [-0.05, 0) is 56.1 Å². The third-order valence-electron chi connectivity index (χ3n) is 5.50. The van der Waals surface area contributed by atoms with Crippen LogP contribution in [0.3, 0.4) is 0 Å². The number of nitrogens with one attached hydrogen (secondary N) is 2. The number of aryl methyl sites for hydroxylation is 1. The maximum atomic E-state index is 14.6. The SMILES string of the molecule is Cc1cc(NC(C)c2cccc(C(F)F)c2F)c2cc(C3=CCNCC3)ccc2n1. The standard InChI is InChI=1S/C24H24F3N3/c1-14-12-22(30-15(2)18-4-3-5-19(23(18)25)24(26)27)20-13-17(6-7-21(20)29-14)16-8-10-28-11-9-16/h3-8,12-13,15,24,28H,9-11H2,1-2H3,(H,29,30). The highest BCUT2D eigenvalue weighted by Crippen LogP contribution is 2.33. The lowest BCUT2D eigenvalue weighted by Crippen LogP contribution is -2.20. The second-order valence-electron chi connectivity index (χ2n) is 7.64. The Hall–Kier alpha value is -2.86. The van der Waals surface area contributed by atoms with Crippen LogP contribution < -0.4 is 10.6 Å². The lowest BCUT2D eigenvalue weighted by atomic mass is 9.97. The summed E-state index contributed by atoms with van der Waals surface area (Å²) in [6, 6.07) is 11.7. The molecule has 1 atom stereocenters. The van der Waals surface area contributed by atoms with Crippen molar-refractivity contribution in [3.63, 3.8) is 0 Å². The molecule has 6 heteroatoms. The molecule has 30 heavy (non-hydrogen) atoms. The number of alkyl halides is 2. The molecule has 1 aliphatic rings. The molecule has 2 N–H and O–H groups in total. The van der Waals surface area contributed by atoms with E-state index in [9.17, 15) is 13.2 Å². The molecular weight excluding hydrogens is 387 g/mol. The van der Waals surface area contributed by atoms with Gasteiger partial charge in [0.05, 0.1) is 17.1 Å². The lowest BCUT2D eigenvalue weighted by Gasteiger charge is -2.20. The van der Waals surface area contributed by atoms with E-state index in [1.807, 2.05) is 19.1 Å². The third-order valence-corrected chi connectivity index (χ3v) is 5.50. The van der Waals surface area contributed by atoms with E-state index in [4.69, 9.17) is 0 Å². The largest absolute Gasteiger partial charge is 0.378 e. The highest BCUT2D eigenvalue weighted by atomic mass is 19.3. The molecule has 0 fully saturated rings. The van der Waals surface area contributed by atoms with Crippen molar-refractivity contribution in [1.29, 1.82) is 0 Å². The fourth-order valence-corrected chi connectivity index (χ4v) is 3.94. The van der Waals surface area contributed by atoms with Gasteiger partial charge in [0, 0.05) is 28.9 Å². The molecule has 0 saturated heterocycles. The van der Waals surface area contributed by atoms with Gasteiger partial charge >= 0.3 is 0 Å². The van der Waals surface area contributed by atoms with Gasteiger partial charge in [0.2, 0.25) is 0 Å². The van der Waals surface area contributed by atoms with Crippen LogP contribution in [0.2, 0.25) is 0 Å². The van der Waals surface area contributed by atoms with Crippen LogP contribution in [-0.4, -0.2) is 18.1 Å². The summed E-state index contributed by atoms with van der Waals surface area (Å²) < 4.78 is 40.8. The second kappa shape index (κ2) is 8.48. The molecule has 0 saturated carbocycles. The molecule has 0 aliphatic carbocycles. The fourth-order valence-electron chi connectivity index (χ4n) is 3.94. The Morgan fingerprint density at radius 3 is 2.63 bits per heavy atom. The summed E-state index contributed by atoms with van der Waals surface area (Å²) in [5.41, 5.74) is 4.53. The minimum Gasteiger partial charge on any atom is -0.378 e. The normalized spacial score (nSPS) is 15.3. The van der Waals surface area contributed by atoms with Gasteiger partial charge in [-0.2, -0.15) is 0 Å². The molecule has 0 amide bonds. The van der Waals surface area contributed by atoms with Gasteiger partial charge in [0.1, 0.15) is 5.82 Å². The lowest BCUT2D eigenvalue weighted by molar-refractivity contribution is 0.146. The number of hydrogen-bond acceptors (Lipinski definition) is 3. The number of halogens is 3. The van der Waals surface area contributed by atoms with Gasteiger partial charge in [-0.25, -0.2) is 13.2 Å². The second-order valence-corrected chi connectivity index (χ2v) is 7.64. The molecule has 3 nitrogen and oxygen atoms in total. The minimum atomic E-state index is -2.85. The van der Waals surface area contributed by atoms with Crippen LogP contribution in [0.25, 0.3) is 16.5 Å². The molecule has 0 radical (unpaired) electrons. The van der Waals surface area contributed by atoms with Crippen LogP contribution >= 0.6 is 0 Å². The number of fused-ring (bicyclic) bond motifs is 1. The first-order chi connectivity index (χ1) is 14.4. The number of anilines is 1. The summed E-state index contributed by atoms with van der Waals surface area (Å²) in [5.74, 6) is -0.858. The van der Waals surface area contributed by atoms with Gasteiger partial charge in [-0.15, -0.1) is 0 Å². The van der Waals surface area contributed by atoms with Crippen molar-refractivity contribution in [3.05, 3.63) is 76.7 Å². The Bertz CT molecular complexity index is 1110. The van der Waals surface area contributed by atoms with Crippen molar-refractivity contribution < 1.29 is 13.2 Å². The highest BCUT2D eigenvalue weighted by Gasteiger charge is 2.20. The smallest absolute Gasteiger partial charge is 0.266 e. The molecule has 1 unspecified atom stereocenters. The van der Waals surface area contributed by atoms with E-state index < -0.39 is 23.8 Å². The van der Waals surface area contributed by atoms with Gasteiger partial charge in [0.15, 0.2) is 0 Å². The van der Waals surface area contributed by atoms with E-state index in [0.29, 0.717) is 0 Å². The van der Waals surface area contributed by atoms with Gasteiger partial charge in [-0.3, -0.25) is 4.98 Å². The summed E-state index contributed by atoms with van der Waals surface area (Å²) >= 11 is 0. The summed E-state index contributed by atoms with van der Waals surface area (Å²) in [6.45, 7) is 5.46. The van der Waals surface area contributed by atoms with E-state index in [2.05, 4.69) is 33.8 Å². The number of aromatic nitrogens is 1. The van der Waals surface area contributed by atoms with Crippen LogP contribution in [0, 0.1) is 12.7 Å². The number of nitrogens with zero attached hydrogens (tertiary/aromatic N) is 1. The molecule has 2 heterocycles. The Kier molecular flexibility index (Phi) is 5.77. The summed E-state index contributed by atoms with van der Waals surface area (Å²) in [7, 11) is 0. The van der Waals surface area contributed by atoms with Gasteiger partial charge in [0.25, 0.3) is 6.43 Å². The van der Waals surface area contributed by atoms with E-state index in [1.165, 1.54) is 11.6 Å². The molecule has 1 aromatic heterocycles. The number of rotatable bonds is 5. The predicted molar refractivity (Wildman–Crippen MR) is 115 cm³/mol. The van der Waals surface area contributed by atoms with Crippen molar-refractivity contribution in [1.82, 2.24) is 10.3 Å². The van der Waals surface area contributed by atoms with Crippen LogP contribution in [0.5, 0.6) is 0 Å². The Morgan fingerprint density at radius 1 is 1.10 bits per heavy atom. The maximum absolute atomic E-state index is 14.6. The van der Waals surface area contributed by atoms with E-state index in [0.717, 1.165) is 53.4 Å². The van der Waals surface area contributed by atoms with E-state index in [1.54, 1.807) is 13.0 Å². The zero-order valence-corrected chi connectivity index (χ0v) is 17.0. The van der Waals surface area contributed by atoms with E-state index >= 15 is 0 Å². The van der Waals surface area contributed by atoms with Gasteiger partial charge in [-0.1, -0.05) is 30.3 Å². The zero-order chi connectivity index (χ0) is 21.3. The van der Waals surface area contributed by atoms with Crippen LogP contribution in [0.15, 0.2) is 48.5 Å². The molecule has 0 spiro atoms. The number of benzene rings is 2. The minimum absolute atomic E-state index is 0.215. The molecule has 2 aromatic carbocycles. The van der Waals surface area contributed by atoms with Crippen molar-refractivity contribution in [2.75, 3.05) is 18.4 Å². The average Bonchev–Trinajstić information content (AvgIpc) is 2.74. The van der Waals surface area contributed by atoms with E-state index in [-0.39, 0.29) is 5.56 Å². The predicted octanol–water partition coefficient (Wildman–Crippen LogP) is 6.17. The van der Waals surface area contributed by atoms with Crippen LogP contribution in [-0.2, 0) is 0 Å². The van der Waals surface area contributed by atoms with Crippen molar-refractivity contribution >= 4 is 22.2 Å².